The summed E-state index contributed by atoms with van der Waals surface area (Å²) in [5, 5.41) is 3.03. The number of imidazole rings is 1. The van der Waals surface area contributed by atoms with Crippen molar-refractivity contribution in [2.24, 2.45) is 5.41 Å². The van der Waals surface area contributed by atoms with Crippen LogP contribution in [-0.2, 0) is 17.8 Å². The predicted molar refractivity (Wildman–Crippen MR) is 122 cm³/mol. The van der Waals surface area contributed by atoms with E-state index in [1.807, 2.05) is 45.0 Å². The number of carbonyl (C=O) groups is 1. The van der Waals surface area contributed by atoms with E-state index in [4.69, 9.17) is 9.72 Å². The van der Waals surface area contributed by atoms with Gasteiger partial charge in [-0.1, -0.05) is 51.1 Å². The van der Waals surface area contributed by atoms with Crippen molar-refractivity contribution in [3.8, 4) is 5.75 Å². The number of amides is 1. The summed E-state index contributed by atoms with van der Waals surface area (Å²) in [5.74, 6) is 2.10. The van der Waals surface area contributed by atoms with Crippen LogP contribution in [0.4, 0.5) is 0 Å². The van der Waals surface area contributed by atoms with Crippen LogP contribution in [0.2, 0.25) is 0 Å². The molecule has 1 aromatic heterocycles. The lowest BCUT2D eigenvalue weighted by Crippen LogP contribution is -2.35. The average Bonchev–Trinajstić information content (AvgIpc) is 3.06. The number of aryl methyl sites for hydroxylation is 3. The van der Waals surface area contributed by atoms with Crippen LogP contribution in [-0.4, -0.2) is 28.6 Å². The van der Waals surface area contributed by atoms with Crippen molar-refractivity contribution in [2.75, 3.05) is 13.2 Å². The van der Waals surface area contributed by atoms with E-state index in [1.54, 1.807) is 0 Å². The number of aromatic nitrogens is 2. The maximum atomic E-state index is 12.1. The van der Waals surface area contributed by atoms with Gasteiger partial charge in [0.1, 0.15) is 11.6 Å². The highest BCUT2D eigenvalue weighted by atomic mass is 16.5. The lowest BCUT2D eigenvalue weighted by molar-refractivity contribution is -0.128. The van der Waals surface area contributed by atoms with Crippen LogP contribution in [0.5, 0.6) is 5.75 Å². The third-order valence-electron chi connectivity index (χ3n) is 5.15. The normalized spacial score (nSPS) is 11.6. The number of benzene rings is 2. The second kappa shape index (κ2) is 9.79. The van der Waals surface area contributed by atoms with Gasteiger partial charge in [0.25, 0.3) is 0 Å². The highest BCUT2D eigenvalue weighted by Crippen LogP contribution is 2.19. The van der Waals surface area contributed by atoms with Crippen LogP contribution in [0.25, 0.3) is 11.0 Å². The predicted octanol–water partition coefficient (Wildman–Crippen LogP) is 4.91. The third-order valence-corrected chi connectivity index (χ3v) is 5.15. The molecular formula is C25H33N3O2. The van der Waals surface area contributed by atoms with E-state index in [1.165, 1.54) is 0 Å². The number of fused-ring (bicyclic) bond motifs is 1. The molecule has 5 nitrogen and oxygen atoms in total. The van der Waals surface area contributed by atoms with Crippen LogP contribution >= 0.6 is 0 Å². The molecule has 0 saturated carbocycles. The number of carbonyl (C=O) groups excluding carboxylic acids is 1. The Balaban J connectivity index is 1.59. The molecule has 2 aromatic carbocycles. The van der Waals surface area contributed by atoms with Crippen LogP contribution in [0.15, 0.2) is 48.5 Å². The van der Waals surface area contributed by atoms with E-state index in [2.05, 4.69) is 41.1 Å². The molecule has 0 radical (unpaired) electrons. The first-order valence-corrected chi connectivity index (χ1v) is 10.8. The number of rotatable bonds is 9. The molecule has 0 unspecified atom stereocenters. The molecule has 1 heterocycles. The fourth-order valence-electron chi connectivity index (χ4n) is 3.40. The lowest BCUT2D eigenvalue weighted by atomic mass is 9.96. The zero-order valence-electron chi connectivity index (χ0n) is 18.6. The van der Waals surface area contributed by atoms with Gasteiger partial charge >= 0.3 is 0 Å². The largest absolute Gasteiger partial charge is 0.493 e. The molecule has 1 N–H and O–H groups in total. The van der Waals surface area contributed by atoms with E-state index in [0.29, 0.717) is 13.2 Å². The van der Waals surface area contributed by atoms with E-state index in [-0.39, 0.29) is 11.3 Å². The third kappa shape index (κ3) is 5.62. The highest BCUT2D eigenvalue weighted by Gasteiger charge is 2.20. The SMILES string of the molecule is Cc1ccccc1OCCCn1c(CCCNC(=O)C(C)(C)C)nc2ccccc21. The van der Waals surface area contributed by atoms with Gasteiger partial charge in [0, 0.05) is 24.9 Å². The second-order valence-electron chi connectivity index (χ2n) is 8.75. The molecule has 0 saturated heterocycles. The smallest absolute Gasteiger partial charge is 0.225 e. The number of nitrogens with zero attached hydrogens (tertiary/aromatic N) is 2. The Morgan fingerprint density at radius 2 is 1.80 bits per heavy atom. The second-order valence-corrected chi connectivity index (χ2v) is 8.75. The van der Waals surface area contributed by atoms with E-state index in [0.717, 1.165) is 54.0 Å². The molecule has 0 aliphatic rings. The number of ether oxygens (including phenoxy) is 1. The first-order chi connectivity index (χ1) is 14.4. The number of hydrogen-bond donors (Lipinski definition) is 1. The molecule has 0 fully saturated rings. The zero-order valence-corrected chi connectivity index (χ0v) is 18.6. The first kappa shape index (κ1) is 21.9. The standard InChI is InChI=1S/C25H33N3O2/c1-19-11-5-8-14-22(19)30-18-10-17-28-21-13-7-6-12-20(21)27-23(28)15-9-16-26-24(29)25(2,3)4/h5-8,11-14H,9-10,15-18H2,1-4H3,(H,26,29). The molecule has 0 aliphatic carbocycles. The fraction of sp³-hybridized carbons (Fsp3) is 0.440. The van der Waals surface area contributed by atoms with Gasteiger partial charge in [-0.15, -0.1) is 0 Å². The summed E-state index contributed by atoms with van der Waals surface area (Å²) in [4.78, 5) is 16.9. The monoisotopic (exact) mass is 407 g/mol. The Labute approximate surface area is 179 Å². The van der Waals surface area contributed by atoms with Crippen LogP contribution in [0, 0.1) is 12.3 Å². The number of para-hydroxylation sites is 3. The Morgan fingerprint density at radius 3 is 2.57 bits per heavy atom. The molecular weight excluding hydrogens is 374 g/mol. The molecule has 0 bridgehead atoms. The molecule has 160 valence electrons. The van der Waals surface area contributed by atoms with E-state index in [9.17, 15) is 4.79 Å². The summed E-state index contributed by atoms with van der Waals surface area (Å²) in [7, 11) is 0. The molecule has 0 aliphatic heterocycles. The summed E-state index contributed by atoms with van der Waals surface area (Å²) in [6.45, 7) is 10.0. The van der Waals surface area contributed by atoms with Crippen molar-refractivity contribution < 1.29 is 9.53 Å². The van der Waals surface area contributed by atoms with Crippen molar-refractivity contribution in [1.29, 1.82) is 0 Å². The van der Waals surface area contributed by atoms with Gasteiger partial charge in [-0.2, -0.15) is 0 Å². The molecule has 0 atom stereocenters. The number of nitrogens with one attached hydrogen (secondary N) is 1. The van der Waals surface area contributed by atoms with Crippen molar-refractivity contribution in [3.63, 3.8) is 0 Å². The Bertz CT molecular complexity index is 985. The lowest BCUT2D eigenvalue weighted by Gasteiger charge is -2.17. The van der Waals surface area contributed by atoms with Crippen LogP contribution in [0.1, 0.15) is 45.0 Å². The van der Waals surface area contributed by atoms with Crippen molar-refractivity contribution in [1.82, 2.24) is 14.9 Å². The van der Waals surface area contributed by atoms with Crippen LogP contribution in [0.3, 0.4) is 0 Å². The van der Waals surface area contributed by atoms with Gasteiger partial charge in [-0.25, -0.2) is 4.98 Å². The maximum Gasteiger partial charge on any atom is 0.225 e. The zero-order chi connectivity index (χ0) is 21.6. The summed E-state index contributed by atoms with van der Waals surface area (Å²) in [6, 6.07) is 16.4. The molecule has 3 aromatic rings. The highest BCUT2D eigenvalue weighted by molar-refractivity contribution is 5.81. The maximum absolute atomic E-state index is 12.1. The molecule has 30 heavy (non-hydrogen) atoms. The molecule has 1 amide bonds. The summed E-state index contributed by atoms with van der Waals surface area (Å²) >= 11 is 0. The van der Waals surface area contributed by atoms with Gasteiger partial charge in [0.2, 0.25) is 5.91 Å². The molecule has 0 spiro atoms. The minimum atomic E-state index is -0.357. The Morgan fingerprint density at radius 1 is 1.07 bits per heavy atom. The summed E-state index contributed by atoms with van der Waals surface area (Å²) in [5.41, 5.74) is 2.97. The van der Waals surface area contributed by atoms with Gasteiger partial charge in [-0.3, -0.25) is 4.79 Å². The minimum absolute atomic E-state index is 0.0874. The Kier molecular flexibility index (Phi) is 7.14. The Hall–Kier alpha value is -2.82. The minimum Gasteiger partial charge on any atom is -0.493 e. The van der Waals surface area contributed by atoms with E-state index >= 15 is 0 Å². The van der Waals surface area contributed by atoms with Gasteiger partial charge in [-0.05, 0) is 43.5 Å². The van der Waals surface area contributed by atoms with E-state index < -0.39 is 0 Å². The summed E-state index contributed by atoms with van der Waals surface area (Å²) < 4.78 is 8.26. The average molecular weight is 408 g/mol. The van der Waals surface area contributed by atoms with Crippen LogP contribution < -0.4 is 10.1 Å². The van der Waals surface area contributed by atoms with Gasteiger partial charge in [0.15, 0.2) is 0 Å². The molecule has 3 rings (SSSR count). The summed E-state index contributed by atoms with van der Waals surface area (Å²) in [6.07, 6.45) is 2.60. The topological polar surface area (TPSA) is 56.1 Å². The van der Waals surface area contributed by atoms with Gasteiger partial charge < -0.3 is 14.6 Å². The first-order valence-electron chi connectivity index (χ1n) is 10.8. The quantitative estimate of drug-likeness (QED) is 0.513. The van der Waals surface area contributed by atoms with Crippen molar-refractivity contribution in [2.45, 2.75) is 53.5 Å². The fourth-order valence-corrected chi connectivity index (χ4v) is 3.40. The van der Waals surface area contributed by atoms with Crippen molar-refractivity contribution >= 4 is 16.9 Å². The van der Waals surface area contributed by atoms with Gasteiger partial charge in [0.05, 0.1) is 17.6 Å². The molecule has 5 heteroatoms. The number of hydrogen-bond acceptors (Lipinski definition) is 3. The van der Waals surface area contributed by atoms with Crippen molar-refractivity contribution in [3.05, 3.63) is 59.9 Å².